The van der Waals surface area contributed by atoms with Gasteiger partial charge < -0.3 is 19.3 Å². The lowest BCUT2D eigenvalue weighted by atomic mass is 10.0. The summed E-state index contributed by atoms with van der Waals surface area (Å²) in [6.07, 6.45) is 0. The number of rotatable bonds is 4. The summed E-state index contributed by atoms with van der Waals surface area (Å²) < 4.78 is 10.3. The molecule has 2 aromatic rings. The van der Waals surface area contributed by atoms with Crippen molar-refractivity contribution in [2.75, 3.05) is 45.3 Å². The van der Waals surface area contributed by atoms with Crippen LogP contribution in [0.15, 0.2) is 24.3 Å². The van der Waals surface area contributed by atoms with Gasteiger partial charge in [-0.15, -0.1) is 0 Å². The van der Waals surface area contributed by atoms with Crippen LogP contribution in [0, 0.1) is 13.8 Å². The Bertz CT molecular complexity index is 779. The highest BCUT2D eigenvalue weighted by atomic mass is 16.5. The summed E-state index contributed by atoms with van der Waals surface area (Å²) in [5.41, 5.74) is 2.95. The number of amides is 1. The van der Waals surface area contributed by atoms with Crippen molar-refractivity contribution in [3.63, 3.8) is 0 Å². The first kappa shape index (κ1) is 18.0. The molecule has 138 valence electrons. The van der Waals surface area contributed by atoms with E-state index < -0.39 is 0 Å². The molecule has 0 radical (unpaired) electrons. The Morgan fingerprint density at radius 1 is 1.00 bits per heavy atom. The second-order valence-electron chi connectivity index (χ2n) is 6.35. The average molecular weight is 356 g/mol. The van der Waals surface area contributed by atoms with Crippen molar-refractivity contribution in [1.29, 1.82) is 0 Å². The van der Waals surface area contributed by atoms with Crippen LogP contribution >= 0.6 is 0 Å². The van der Waals surface area contributed by atoms with E-state index in [1.165, 1.54) is 7.11 Å². The molecule has 3 rings (SSSR count). The fourth-order valence-electron chi connectivity index (χ4n) is 3.11. The molecule has 1 fully saturated rings. The zero-order valence-electron chi connectivity index (χ0n) is 15.7. The fourth-order valence-corrected chi connectivity index (χ4v) is 3.11. The smallest absolute Gasteiger partial charge is 0.321 e. The monoisotopic (exact) mass is 356 g/mol. The molecule has 7 heteroatoms. The predicted octanol–water partition coefficient (Wildman–Crippen LogP) is 2.07. The van der Waals surface area contributed by atoms with Gasteiger partial charge in [0, 0.05) is 37.8 Å². The van der Waals surface area contributed by atoms with Crippen LogP contribution in [0.2, 0.25) is 0 Å². The van der Waals surface area contributed by atoms with Crippen molar-refractivity contribution < 1.29 is 14.3 Å². The quantitative estimate of drug-likeness (QED) is 0.835. The molecule has 0 spiro atoms. The lowest BCUT2D eigenvalue weighted by Crippen LogP contribution is -2.49. The molecule has 1 saturated heterocycles. The third-order valence-electron chi connectivity index (χ3n) is 4.56. The SMILES string of the molecule is COc1cc(N2CCN(C(=O)c3ccc(C)cc3C)CC2)nc(OC)n1. The van der Waals surface area contributed by atoms with Gasteiger partial charge in [-0.3, -0.25) is 4.79 Å². The molecular formula is C19H24N4O3. The zero-order chi connectivity index (χ0) is 18.7. The van der Waals surface area contributed by atoms with Crippen LogP contribution in [0.25, 0.3) is 0 Å². The molecule has 1 aliphatic rings. The molecule has 0 bridgehead atoms. The van der Waals surface area contributed by atoms with Crippen molar-refractivity contribution >= 4 is 11.7 Å². The molecule has 1 amide bonds. The van der Waals surface area contributed by atoms with Gasteiger partial charge >= 0.3 is 6.01 Å². The Hall–Kier alpha value is -2.83. The maximum atomic E-state index is 12.8. The van der Waals surface area contributed by atoms with E-state index in [4.69, 9.17) is 9.47 Å². The number of hydrogen-bond donors (Lipinski definition) is 0. The average Bonchev–Trinajstić information content (AvgIpc) is 2.67. The van der Waals surface area contributed by atoms with Gasteiger partial charge in [0.25, 0.3) is 5.91 Å². The Morgan fingerprint density at radius 2 is 1.73 bits per heavy atom. The summed E-state index contributed by atoms with van der Waals surface area (Å²) in [6, 6.07) is 8.00. The van der Waals surface area contributed by atoms with Gasteiger partial charge in [0.2, 0.25) is 5.88 Å². The number of methoxy groups -OCH3 is 2. The molecule has 2 heterocycles. The standard InChI is InChI=1S/C19H24N4O3/c1-13-5-6-15(14(2)11-13)18(24)23-9-7-22(8-10-23)16-12-17(25-3)21-19(20-16)26-4/h5-6,11-12H,7-10H2,1-4H3. The lowest BCUT2D eigenvalue weighted by Gasteiger charge is -2.35. The number of carbonyl (C=O) groups excluding carboxylic acids is 1. The van der Waals surface area contributed by atoms with Gasteiger partial charge in [-0.2, -0.15) is 9.97 Å². The summed E-state index contributed by atoms with van der Waals surface area (Å²) in [5, 5.41) is 0. The van der Waals surface area contributed by atoms with E-state index in [0.717, 1.165) is 22.5 Å². The van der Waals surface area contributed by atoms with Crippen molar-refractivity contribution in [2.24, 2.45) is 0 Å². The lowest BCUT2D eigenvalue weighted by molar-refractivity contribution is 0.0745. The molecular weight excluding hydrogens is 332 g/mol. The van der Waals surface area contributed by atoms with Crippen LogP contribution < -0.4 is 14.4 Å². The topological polar surface area (TPSA) is 67.8 Å². The van der Waals surface area contributed by atoms with Gasteiger partial charge in [0.1, 0.15) is 5.82 Å². The molecule has 0 N–H and O–H groups in total. The minimum atomic E-state index is 0.0833. The van der Waals surface area contributed by atoms with Crippen LogP contribution in [0.4, 0.5) is 5.82 Å². The zero-order valence-corrected chi connectivity index (χ0v) is 15.7. The number of anilines is 1. The van der Waals surface area contributed by atoms with E-state index in [1.54, 1.807) is 13.2 Å². The minimum Gasteiger partial charge on any atom is -0.481 e. The first-order valence-electron chi connectivity index (χ1n) is 8.60. The maximum absolute atomic E-state index is 12.8. The van der Waals surface area contributed by atoms with Crippen molar-refractivity contribution in [2.45, 2.75) is 13.8 Å². The highest BCUT2D eigenvalue weighted by molar-refractivity contribution is 5.95. The van der Waals surface area contributed by atoms with Crippen molar-refractivity contribution in [3.05, 3.63) is 41.0 Å². The molecule has 0 unspecified atom stereocenters. The van der Waals surface area contributed by atoms with Gasteiger partial charge in [-0.1, -0.05) is 17.7 Å². The first-order valence-corrected chi connectivity index (χ1v) is 8.60. The maximum Gasteiger partial charge on any atom is 0.321 e. The van der Waals surface area contributed by atoms with Crippen molar-refractivity contribution in [1.82, 2.24) is 14.9 Å². The van der Waals surface area contributed by atoms with E-state index in [9.17, 15) is 4.79 Å². The molecule has 1 aromatic carbocycles. The van der Waals surface area contributed by atoms with E-state index in [1.807, 2.05) is 36.9 Å². The summed E-state index contributed by atoms with van der Waals surface area (Å²) in [6.45, 7) is 6.68. The number of hydrogen-bond acceptors (Lipinski definition) is 6. The predicted molar refractivity (Wildman–Crippen MR) is 99.2 cm³/mol. The second kappa shape index (κ2) is 7.59. The molecule has 1 aromatic heterocycles. The van der Waals surface area contributed by atoms with Crippen LogP contribution in [-0.2, 0) is 0 Å². The molecule has 7 nitrogen and oxygen atoms in total. The summed E-state index contributed by atoms with van der Waals surface area (Å²) in [7, 11) is 3.09. The number of aryl methyl sites for hydroxylation is 2. The largest absolute Gasteiger partial charge is 0.481 e. The highest BCUT2D eigenvalue weighted by Gasteiger charge is 2.24. The number of carbonyl (C=O) groups is 1. The molecule has 0 atom stereocenters. The van der Waals surface area contributed by atoms with Crippen molar-refractivity contribution in [3.8, 4) is 11.9 Å². The first-order chi connectivity index (χ1) is 12.5. The van der Waals surface area contributed by atoms with Crippen LogP contribution in [0.3, 0.4) is 0 Å². The van der Waals surface area contributed by atoms with Crippen LogP contribution in [0.1, 0.15) is 21.5 Å². The van der Waals surface area contributed by atoms with Gasteiger partial charge in [0.05, 0.1) is 14.2 Å². The third kappa shape index (κ3) is 3.71. The molecule has 0 saturated carbocycles. The molecule has 1 aliphatic heterocycles. The Morgan fingerprint density at radius 3 is 2.35 bits per heavy atom. The Balaban J connectivity index is 1.70. The van der Waals surface area contributed by atoms with E-state index in [2.05, 4.69) is 14.9 Å². The fraction of sp³-hybridized carbons (Fsp3) is 0.421. The van der Waals surface area contributed by atoms with Gasteiger partial charge in [0.15, 0.2) is 0 Å². The third-order valence-corrected chi connectivity index (χ3v) is 4.56. The van der Waals surface area contributed by atoms with Crippen LogP contribution in [-0.4, -0.2) is 61.2 Å². The minimum absolute atomic E-state index is 0.0833. The highest BCUT2D eigenvalue weighted by Crippen LogP contribution is 2.22. The number of piperazine rings is 1. The van der Waals surface area contributed by atoms with E-state index in [0.29, 0.717) is 32.1 Å². The number of ether oxygens (including phenoxy) is 2. The molecule has 26 heavy (non-hydrogen) atoms. The summed E-state index contributed by atoms with van der Waals surface area (Å²) >= 11 is 0. The number of nitrogens with zero attached hydrogens (tertiary/aromatic N) is 4. The number of aromatic nitrogens is 2. The normalized spacial score (nSPS) is 14.3. The molecule has 0 aliphatic carbocycles. The summed E-state index contributed by atoms with van der Waals surface area (Å²) in [4.78, 5) is 25.3. The van der Waals surface area contributed by atoms with Crippen LogP contribution in [0.5, 0.6) is 11.9 Å². The Labute approximate surface area is 153 Å². The number of benzene rings is 1. The second-order valence-corrected chi connectivity index (χ2v) is 6.35. The van der Waals surface area contributed by atoms with Gasteiger partial charge in [-0.25, -0.2) is 0 Å². The Kier molecular flexibility index (Phi) is 5.25. The van der Waals surface area contributed by atoms with Gasteiger partial charge in [-0.05, 0) is 25.5 Å². The summed E-state index contributed by atoms with van der Waals surface area (Å²) in [5.74, 6) is 1.29. The van der Waals surface area contributed by atoms with E-state index in [-0.39, 0.29) is 11.9 Å². The van der Waals surface area contributed by atoms with E-state index >= 15 is 0 Å².